The topological polar surface area (TPSA) is 80.3 Å². The van der Waals surface area contributed by atoms with E-state index in [-0.39, 0.29) is 18.2 Å². The van der Waals surface area contributed by atoms with Crippen LogP contribution in [-0.4, -0.2) is 23.9 Å². The molecule has 1 heterocycles. The Morgan fingerprint density at radius 2 is 1.82 bits per heavy atom. The molecule has 0 unspecified atom stereocenters. The lowest BCUT2D eigenvalue weighted by Crippen LogP contribution is -2.24. The molecule has 0 saturated carbocycles. The SMILES string of the molecule is COc1cccc(C(=O)Nc2ccc(CC(=O)NCc3ccccc3)nc2)c1. The van der Waals surface area contributed by atoms with E-state index in [1.165, 1.54) is 6.20 Å². The third-order valence-electron chi connectivity index (χ3n) is 4.09. The number of nitrogens with one attached hydrogen (secondary N) is 2. The minimum absolute atomic E-state index is 0.107. The second-order valence-electron chi connectivity index (χ2n) is 6.16. The molecule has 1 aromatic heterocycles. The first-order chi connectivity index (χ1) is 13.6. The zero-order chi connectivity index (χ0) is 19.8. The van der Waals surface area contributed by atoms with Crippen molar-refractivity contribution in [1.82, 2.24) is 10.3 Å². The van der Waals surface area contributed by atoms with Gasteiger partial charge in [-0.15, -0.1) is 0 Å². The van der Waals surface area contributed by atoms with Crippen molar-refractivity contribution in [1.29, 1.82) is 0 Å². The lowest BCUT2D eigenvalue weighted by molar-refractivity contribution is -0.120. The Balaban J connectivity index is 1.52. The highest BCUT2D eigenvalue weighted by atomic mass is 16.5. The average molecular weight is 375 g/mol. The predicted molar refractivity (Wildman–Crippen MR) is 107 cm³/mol. The quantitative estimate of drug-likeness (QED) is 0.665. The Hall–Kier alpha value is -3.67. The number of carbonyl (C=O) groups is 2. The van der Waals surface area contributed by atoms with E-state index in [2.05, 4.69) is 15.6 Å². The minimum Gasteiger partial charge on any atom is -0.497 e. The van der Waals surface area contributed by atoms with Gasteiger partial charge >= 0.3 is 0 Å². The van der Waals surface area contributed by atoms with Gasteiger partial charge in [-0.05, 0) is 35.9 Å². The molecule has 0 fully saturated rings. The summed E-state index contributed by atoms with van der Waals surface area (Å²) >= 11 is 0. The van der Waals surface area contributed by atoms with Gasteiger partial charge in [0.25, 0.3) is 5.91 Å². The Morgan fingerprint density at radius 3 is 2.54 bits per heavy atom. The molecule has 3 rings (SSSR count). The van der Waals surface area contributed by atoms with Crippen molar-refractivity contribution in [3.63, 3.8) is 0 Å². The van der Waals surface area contributed by atoms with Crippen LogP contribution < -0.4 is 15.4 Å². The number of benzene rings is 2. The summed E-state index contributed by atoms with van der Waals surface area (Å²) in [6.07, 6.45) is 1.72. The van der Waals surface area contributed by atoms with Gasteiger partial charge in [0.2, 0.25) is 5.91 Å². The normalized spacial score (nSPS) is 10.2. The number of nitrogens with zero attached hydrogens (tertiary/aromatic N) is 1. The lowest BCUT2D eigenvalue weighted by atomic mass is 10.2. The fourth-order valence-electron chi connectivity index (χ4n) is 2.59. The first kappa shape index (κ1) is 19.1. The summed E-state index contributed by atoms with van der Waals surface area (Å²) in [6, 6.07) is 20.1. The predicted octanol–water partition coefficient (Wildman–Crippen LogP) is 3.20. The van der Waals surface area contributed by atoms with Crippen molar-refractivity contribution in [3.8, 4) is 5.75 Å². The molecule has 0 aliphatic heterocycles. The molecule has 0 atom stereocenters. The second kappa shape index (κ2) is 9.32. The number of hydrogen-bond donors (Lipinski definition) is 2. The van der Waals surface area contributed by atoms with Gasteiger partial charge in [0, 0.05) is 17.8 Å². The zero-order valence-electron chi connectivity index (χ0n) is 15.5. The highest BCUT2D eigenvalue weighted by Crippen LogP contribution is 2.15. The van der Waals surface area contributed by atoms with E-state index in [4.69, 9.17) is 4.74 Å². The molecule has 3 aromatic rings. The van der Waals surface area contributed by atoms with Gasteiger partial charge in [-0.3, -0.25) is 14.6 Å². The van der Waals surface area contributed by atoms with Gasteiger partial charge in [-0.1, -0.05) is 36.4 Å². The molecule has 142 valence electrons. The second-order valence-corrected chi connectivity index (χ2v) is 6.16. The lowest BCUT2D eigenvalue weighted by Gasteiger charge is -2.08. The molecule has 6 heteroatoms. The first-order valence-corrected chi connectivity index (χ1v) is 8.85. The van der Waals surface area contributed by atoms with E-state index >= 15 is 0 Å². The summed E-state index contributed by atoms with van der Waals surface area (Å²) in [5.74, 6) is 0.251. The molecule has 0 aliphatic carbocycles. The van der Waals surface area contributed by atoms with Crippen LogP contribution in [0.5, 0.6) is 5.75 Å². The molecule has 0 aliphatic rings. The van der Waals surface area contributed by atoms with Crippen molar-refractivity contribution < 1.29 is 14.3 Å². The molecule has 2 amide bonds. The molecule has 0 spiro atoms. The van der Waals surface area contributed by atoms with Gasteiger partial charge < -0.3 is 15.4 Å². The van der Waals surface area contributed by atoms with E-state index in [0.717, 1.165) is 5.56 Å². The van der Waals surface area contributed by atoms with Crippen molar-refractivity contribution >= 4 is 17.5 Å². The van der Waals surface area contributed by atoms with Crippen molar-refractivity contribution in [2.45, 2.75) is 13.0 Å². The van der Waals surface area contributed by atoms with Crippen LogP contribution in [0.4, 0.5) is 5.69 Å². The van der Waals surface area contributed by atoms with Crippen LogP contribution >= 0.6 is 0 Å². The maximum atomic E-state index is 12.3. The highest BCUT2D eigenvalue weighted by Gasteiger charge is 2.09. The van der Waals surface area contributed by atoms with Gasteiger partial charge in [0.15, 0.2) is 0 Å². The van der Waals surface area contributed by atoms with Gasteiger partial charge in [-0.25, -0.2) is 0 Å². The number of aromatic nitrogens is 1. The number of methoxy groups -OCH3 is 1. The number of amides is 2. The number of anilines is 1. The highest BCUT2D eigenvalue weighted by molar-refractivity contribution is 6.04. The summed E-state index contributed by atoms with van der Waals surface area (Å²) in [6.45, 7) is 0.481. The maximum Gasteiger partial charge on any atom is 0.255 e. The summed E-state index contributed by atoms with van der Waals surface area (Å²) < 4.78 is 5.13. The molecular formula is C22H21N3O3. The van der Waals surface area contributed by atoms with E-state index in [1.54, 1.807) is 43.5 Å². The van der Waals surface area contributed by atoms with Crippen molar-refractivity contribution in [2.24, 2.45) is 0 Å². The first-order valence-electron chi connectivity index (χ1n) is 8.85. The summed E-state index contributed by atoms with van der Waals surface area (Å²) in [5.41, 5.74) is 2.72. The van der Waals surface area contributed by atoms with Crippen LogP contribution in [0.1, 0.15) is 21.6 Å². The third-order valence-corrected chi connectivity index (χ3v) is 4.09. The van der Waals surface area contributed by atoms with E-state index in [0.29, 0.717) is 29.2 Å². The number of carbonyl (C=O) groups excluding carboxylic acids is 2. The Bertz CT molecular complexity index is 941. The number of hydrogen-bond acceptors (Lipinski definition) is 4. The number of ether oxygens (including phenoxy) is 1. The number of pyridine rings is 1. The van der Waals surface area contributed by atoms with Crippen LogP contribution in [0.3, 0.4) is 0 Å². The van der Waals surface area contributed by atoms with Gasteiger partial charge in [0.1, 0.15) is 5.75 Å². The summed E-state index contributed by atoms with van der Waals surface area (Å²) in [5, 5.41) is 5.65. The number of rotatable bonds is 7. The van der Waals surface area contributed by atoms with Crippen LogP contribution in [0.15, 0.2) is 72.9 Å². The Labute approximate surface area is 163 Å². The monoisotopic (exact) mass is 375 g/mol. The van der Waals surface area contributed by atoms with E-state index < -0.39 is 0 Å². The molecule has 0 saturated heterocycles. The smallest absolute Gasteiger partial charge is 0.255 e. The summed E-state index contributed by atoms with van der Waals surface area (Å²) in [4.78, 5) is 28.6. The Kier molecular flexibility index (Phi) is 6.36. The fourth-order valence-corrected chi connectivity index (χ4v) is 2.59. The van der Waals surface area contributed by atoms with Crippen molar-refractivity contribution in [3.05, 3.63) is 89.7 Å². The minimum atomic E-state index is -0.256. The van der Waals surface area contributed by atoms with Crippen LogP contribution in [0, 0.1) is 0 Å². The molecule has 0 radical (unpaired) electrons. The molecule has 0 bridgehead atoms. The molecule has 28 heavy (non-hydrogen) atoms. The van der Waals surface area contributed by atoms with E-state index in [9.17, 15) is 9.59 Å². The van der Waals surface area contributed by atoms with Crippen LogP contribution in [-0.2, 0) is 17.8 Å². The molecule has 6 nitrogen and oxygen atoms in total. The maximum absolute atomic E-state index is 12.3. The summed E-state index contributed by atoms with van der Waals surface area (Å²) in [7, 11) is 1.55. The average Bonchev–Trinajstić information content (AvgIpc) is 2.74. The van der Waals surface area contributed by atoms with Gasteiger partial charge in [0.05, 0.1) is 25.4 Å². The van der Waals surface area contributed by atoms with E-state index in [1.807, 2.05) is 30.3 Å². The molecular weight excluding hydrogens is 354 g/mol. The molecule has 2 aromatic carbocycles. The molecule has 2 N–H and O–H groups in total. The van der Waals surface area contributed by atoms with Crippen LogP contribution in [0.2, 0.25) is 0 Å². The zero-order valence-corrected chi connectivity index (χ0v) is 15.5. The van der Waals surface area contributed by atoms with Crippen molar-refractivity contribution in [2.75, 3.05) is 12.4 Å². The van der Waals surface area contributed by atoms with Gasteiger partial charge in [-0.2, -0.15) is 0 Å². The third kappa shape index (κ3) is 5.41. The largest absolute Gasteiger partial charge is 0.497 e. The Morgan fingerprint density at radius 1 is 1.00 bits per heavy atom. The van der Waals surface area contributed by atoms with Crippen LogP contribution in [0.25, 0.3) is 0 Å². The standard InChI is InChI=1S/C22H21N3O3/c1-28-20-9-5-8-17(12-20)22(27)25-19-11-10-18(23-15-19)13-21(26)24-14-16-6-3-2-4-7-16/h2-12,15H,13-14H2,1H3,(H,24,26)(H,25,27). The fraction of sp³-hybridized carbons (Fsp3) is 0.136.